The van der Waals surface area contributed by atoms with Gasteiger partial charge in [-0.2, -0.15) is 0 Å². The molecule has 0 aromatic heterocycles. The molecule has 0 radical (unpaired) electrons. The Bertz CT molecular complexity index is 1050. The first-order valence-corrected chi connectivity index (χ1v) is 11.5. The van der Waals surface area contributed by atoms with Gasteiger partial charge in [0.05, 0.1) is 5.41 Å². The summed E-state index contributed by atoms with van der Waals surface area (Å²) in [6.45, 7) is 0.975. The van der Waals surface area contributed by atoms with Crippen molar-refractivity contribution in [2.45, 2.75) is 56.0 Å². The summed E-state index contributed by atoms with van der Waals surface area (Å²) in [4.78, 5) is 28.4. The number of alkyl halides is 3. The molecule has 1 saturated carbocycles. The van der Waals surface area contributed by atoms with Crippen LogP contribution in [-0.2, 0) is 21.4 Å². The minimum absolute atomic E-state index is 0.0308. The van der Waals surface area contributed by atoms with Gasteiger partial charge in [0.25, 0.3) is 0 Å². The molecule has 3 N–H and O–H groups in total. The Hall–Kier alpha value is -3.14. The van der Waals surface area contributed by atoms with Gasteiger partial charge in [0.1, 0.15) is 17.6 Å². The van der Waals surface area contributed by atoms with Gasteiger partial charge in [-0.1, -0.05) is 24.3 Å². The van der Waals surface area contributed by atoms with Crippen LogP contribution in [0.5, 0.6) is 5.75 Å². The molecule has 1 heterocycles. The van der Waals surface area contributed by atoms with Gasteiger partial charge in [-0.3, -0.25) is 9.59 Å². The Morgan fingerprint density at radius 1 is 1.06 bits per heavy atom. The molecule has 35 heavy (non-hydrogen) atoms. The zero-order valence-electron chi connectivity index (χ0n) is 19.0. The molecule has 2 aromatic carbocycles. The van der Waals surface area contributed by atoms with E-state index in [0.29, 0.717) is 49.9 Å². The summed E-state index contributed by atoms with van der Waals surface area (Å²) in [7, 11) is 0. The number of amides is 2. The van der Waals surface area contributed by atoms with Gasteiger partial charge in [-0.15, -0.1) is 13.2 Å². The summed E-state index contributed by atoms with van der Waals surface area (Å²) in [6, 6.07) is 10.1. The minimum atomic E-state index is -4.80. The number of rotatable bonds is 7. The molecule has 6 nitrogen and oxygen atoms in total. The molecule has 2 aliphatic rings. The molecular weight excluding hydrogens is 466 g/mol. The number of ether oxygens (including phenoxy) is 1. The number of nitrogens with one attached hydrogen (secondary N) is 1. The first-order chi connectivity index (χ1) is 16.6. The van der Waals surface area contributed by atoms with Crippen LogP contribution in [0.1, 0.15) is 36.8 Å². The first-order valence-electron chi connectivity index (χ1n) is 11.5. The highest BCUT2D eigenvalue weighted by Crippen LogP contribution is 2.49. The molecule has 4 rings (SSSR count). The molecule has 0 unspecified atom stereocenters. The van der Waals surface area contributed by atoms with E-state index in [2.05, 4.69) is 10.1 Å². The van der Waals surface area contributed by atoms with E-state index in [9.17, 15) is 27.2 Å². The molecule has 1 atom stereocenters. The summed E-state index contributed by atoms with van der Waals surface area (Å²) >= 11 is 0. The predicted molar refractivity (Wildman–Crippen MR) is 120 cm³/mol. The normalized spacial score (nSPS) is 18.6. The number of carbonyl (C=O) groups excluding carboxylic acids is 2. The highest BCUT2D eigenvalue weighted by molar-refractivity contribution is 5.95. The average Bonchev–Trinajstić information content (AvgIpc) is 3.62. The predicted octanol–water partition coefficient (Wildman–Crippen LogP) is 3.43. The fraction of sp³-hybridized carbons (Fsp3) is 0.440. The highest BCUT2D eigenvalue weighted by atomic mass is 19.4. The van der Waals surface area contributed by atoms with Crippen LogP contribution < -0.4 is 15.8 Å². The maximum absolute atomic E-state index is 13.4. The lowest BCUT2D eigenvalue weighted by molar-refractivity contribution is -0.274. The fourth-order valence-electron chi connectivity index (χ4n) is 4.44. The van der Waals surface area contributed by atoms with Crippen molar-refractivity contribution in [1.82, 2.24) is 10.2 Å². The molecule has 1 aliphatic carbocycles. The lowest BCUT2D eigenvalue weighted by Gasteiger charge is -2.33. The Labute approximate surface area is 200 Å². The maximum Gasteiger partial charge on any atom is 0.573 e. The van der Waals surface area contributed by atoms with Crippen LogP contribution in [0.15, 0.2) is 48.5 Å². The number of benzene rings is 2. The Kier molecular flexibility index (Phi) is 7.02. The van der Waals surface area contributed by atoms with Gasteiger partial charge >= 0.3 is 6.36 Å². The maximum atomic E-state index is 13.4. The number of piperidine rings is 1. The van der Waals surface area contributed by atoms with E-state index >= 15 is 0 Å². The van der Waals surface area contributed by atoms with Gasteiger partial charge in [-0.25, -0.2) is 4.39 Å². The number of halogens is 4. The smallest absolute Gasteiger partial charge is 0.406 e. The Morgan fingerprint density at radius 2 is 1.66 bits per heavy atom. The third kappa shape index (κ3) is 6.11. The van der Waals surface area contributed by atoms with Crippen molar-refractivity contribution in [1.29, 1.82) is 0 Å². The van der Waals surface area contributed by atoms with Gasteiger partial charge in [0.2, 0.25) is 11.8 Å². The largest absolute Gasteiger partial charge is 0.573 e. The van der Waals surface area contributed by atoms with Gasteiger partial charge in [0, 0.05) is 25.6 Å². The van der Waals surface area contributed by atoms with E-state index in [-0.39, 0.29) is 30.0 Å². The van der Waals surface area contributed by atoms with Crippen molar-refractivity contribution in [3.8, 4) is 5.75 Å². The van der Waals surface area contributed by atoms with Crippen LogP contribution in [0.2, 0.25) is 0 Å². The van der Waals surface area contributed by atoms with Crippen molar-refractivity contribution < 1.29 is 31.9 Å². The number of hydrogen-bond acceptors (Lipinski definition) is 4. The van der Waals surface area contributed by atoms with E-state index < -0.39 is 23.6 Å². The SMILES string of the molecule is NC1CCN(C(=O)[C@H](Cc2ccc(F)cc2)NC(=O)C2(c3ccc(OC(F)(F)F)cc3)CC2)CC1. The van der Waals surface area contributed by atoms with Crippen molar-refractivity contribution in [3.05, 3.63) is 65.5 Å². The monoisotopic (exact) mass is 493 g/mol. The molecule has 1 aliphatic heterocycles. The standard InChI is InChI=1S/C25H27F4N3O3/c26-18-5-1-16(2-6-18)15-21(22(33)32-13-9-19(30)10-14-32)31-23(34)24(11-12-24)17-3-7-20(8-4-17)35-25(27,28)29/h1-8,19,21H,9-15,30H2,(H,31,34)/t21-/m0/s1. The van der Waals surface area contributed by atoms with E-state index in [1.54, 1.807) is 17.0 Å². The molecule has 10 heteroatoms. The van der Waals surface area contributed by atoms with E-state index in [1.807, 2.05) is 0 Å². The fourth-order valence-corrected chi connectivity index (χ4v) is 4.44. The van der Waals surface area contributed by atoms with E-state index in [1.165, 1.54) is 36.4 Å². The molecular formula is C25H27F4N3O3. The second kappa shape index (κ2) is 9.85. The lowest BCUT2D eigenvalue weighted by Crippen LogP contribution is -2.54. The van der Waals surface area contributed by atoms with Crippen LogP contribution >= 0.6 is 0 Å². The van der Waals surface area contributed by atoms with Crippen LogP contribution in [0.4, 0.5) is 17.6 Å². The van der Waals surface area contributed by atoms with Gasteiger partial charge in [0.15, 0.2) is 0 Å². The molecule has 2 aromatic rings. The molecule has 2 amide bonds. The van der Waals surface area contributed by atoms with Crippen molar-refractivity contribution in [2.24, 2.45) is 5.73 Å². The van der Waals surface area contributed by atoms with Crippen molar-refractivity contribution >= 4 is 11.8 Å². The summed E-state index contributed by atoms with van der Waals surface area (Å²) in [5, 5.41) is 2.88. The topological polar surface area (TPSA) is 84.7 Å². The van der Waals surface area contributed by atoms with E-state index in [4.69, 9.17) is 5.73 Å². The number of nitrogens with zero attached hydrogens (tertiary/aromatic N) is 1. The summed E-state index contributed by atoms with van der Waals surface area (Å²) in [5.74, 6) is -1.37. The quantitative estimate of drug-likeness (QED) is 0.579. The Morgan fingerprint density at radius 3 is 2.20 bits per heavy atom. The van der Waals surface area contributed by atoms with Crippen molar-refractivity contribution in [2.75, 3.05) is 13.1 Å². The van der Waals surface area contributed by atoms with Crippen molar-refractivity contribution in [3.63, 3.8) is 0 Å². The third-order valence-corrected chi connectivity index (χ3v) is 6.63. The number of nitrogens with two attached hydrogens (primary N) is 1. The summed E-state index contributed by atoms with van der Waals surface area (Å²) in [5.41, 5.74) is 6.29. The summed E-state index contributed by atoms with van der Waals surface area (Å²) in [6.07, 6.45) is -2.27. The van der Waals surface area contributed by atoms with Gasteiger partial charge < -0.3 is 20.7 Å². The molecule has 0 bridgehead atoms. The number of likely N-dealkylation sites (tertiary alicyclic amines) is 1. The second-order valence-electron chi connectivity index (χ2n) is 9.17. The number of hydrogen-bond donors (Lipinski definition) is 2. The first kappa shape index (κ1) is 25.0. The van der Waals surface area contributed by atoms with Crippen LogP contribution in [0.3, 0.4) is 0 Å². The van der Waals surface area contributed by atoms with E-state index in [0.717, 1.165) is 0 Å². The lowest BCUT2D eigenvalue weighted by atomic mass is 9.93. The number of carbonyl (C=O) groups is 2. The highest BCUT2D eigenvalue weighted by Gasteiger charge is 2.52. The zero-order chi connectivity index (χ0) is 25.2. The third-order valence-electron chi connectivity index (χ3n) is 6.63. The molecule has 2 fully saturated rings. The van der Waals surface area contributed by atoms with Crippen LogP contribution in [-0.4, -0.2) is 48.2 Å². The van der Waals surface area contributed by atoms with Gasteiger partial charge in [-0.05, 0) is 61.1 Å². The van der Waals surface area contributed by atoms with Crippen LogP contribution in [0.25, 0.3) is 0 Å². The summed E-state index contributed by atoms with van der Waals surface area (Å²) < 4.78 is 54.7. The molecule has 1 saturated heterocycles. The molecule has 188 valence electrons. The zero-order valence-corrected chi connectivity index (χ0v) is 19.0. The minimum Gasteiger partial charge on any atom is -0.406 e. The Balaban J connectivity index is 1.51. The van der Waals surface area contributed by atoms with Crippen LogP contribution in [0, 0.1) is 5.82 Å². The average molecular weight is 494 g/mol. The second-order valence-corrected chi connectivity index (χ2v) is 9.17. The molecule has 0 spiro atoms.